The van der Waals surface area contributed by atoms with Gasteiger partial charge in [0, 0.05) is 22.5 Å². The number of nitrogens with one attached hydrogen (secondary N) is 2. The normalized spacial score (nSPS) is 20.2. The summed E-state index contributed by atoms with van der Waals surface area (Å²) >= 11 is 1.66. The van der Waals surface area contributed by atoms with Crippen molar-refractivity contribution in [3.8, 4) is 17.0 Å². The average molecular weight is 502 g/mol. The van der Waals surface area contributed by atoms with Gasteiger partial charge in [-0.05, 0) is 86.9 Å². The van der Waals surface area contributed by atoms with Crippen molar-refractivity contribution in [1.29, 1.82) is 0 Å². The van der Waals surface area contributed by atoms with Gasteiger partial charge < -0.3 is 10.1 Å². The maximum Gasteiger partial charge on any atom is 0.240 e. The van der Waals surface area contributed by atoms with Gasteiger partial charge in [0.1, 0.15) is 11.6 Å². The quantitative estimate of drug-likeness (QED) is 0.488. The third kappa shape index (κ3) is 4.96. The Balaban J connectivity index is 1.21. The van der Waals surface area contributed by atoms with Gasteiger partial charge in [0.2, 0.25) is 10.0 Å². The van der Waals surface area contributed by atoms with Gasteiger partial charge in [0.05, 0.1) is 17.7 Å². The van der Waals surface area contributed by atoms with Crippen LogP contribution in [0.1, 0.15) is 42.5 Å². The van der Waals surface area contributed by atoms with Crippen LogP contribution in [0.5, 0.6) is 5.75 Å². The molecule has 0 radical (unpaired) electrons. The number of nitrogens with zero attached hydrogens (tertiary/aromatic N) is 1. The highest BCUT2D eigenvalue weighted by molar-refractivity contribution is 7.89. The van der Waals surface area contributed by atoms with Gasteiger partial charge in [-0.2, -0.15) is 0 Å². The van der Waals surface area contributed by atoms with E-state index in [4.69, 9.17) is 9.72 Å². The molecular formula is C25H28FN3O3S2. The Labute approximate surface area is 203 Å². The smallest absolute Gasteiger partial charge is 0.240 e. The lowest BCUT2D eigenvalue weighted by Crippen LogP contribution is -2.40. The molecule has 2 aliphatic rings. The second-order valence-corrected chi connectivity index (χ2v) is 11.7. The van der Waals surface area contributed by atoms with Crippen LogP contribution >= 0.6 is 11.3 Å². The van der Waals surface area contributed by atoms with Crippen LogP contribution in [0.2, 0.25) is 0 Å². The minimum Gasteiger partial charge on any atom is -0.497 e. The first-order chi connectivity index (χ1) is 16.4. The second kappa shape index (κ2) is 9.64. The van der Waals surface area contributed by atoms with Crippen LogP contribution in [0.3, 0.4) is 0 Å². The molecule has 2 N–H and O–H groups in total. The number of ether oxygens (including phenoxy) is 1. The monoisotopic (exact) mass is 501 g/mol. The second-order valence-electron chi connectivity index (χ2n) is 8.94. The van der Waals surface area contributed by atoms with Gasteiger partial charge in [-0.3, -0.25) is 0 Å². The first kappa shape index (κ1) is 23.3. The van der Waals surface area contributed by atoms with E-state index >= 15 is 0 Å². The van der Waals surface area contributed by atoms with Crippen molar-refractivity contribution in [2.45, 2.75) is 61.9 Å². The Morgan fingerprint density at radius 3 is 2.50 bits per heavy atom. The van der Waals surface area contributed by atoms with Crippen molar-refractivity contribution in [2.24, 2.45) is 0 Å². The molecule has 9 heteroatoms. The zero-order chi connectivity index (χ0) is 23.7. The molecule has 180 valence electrons. The lowest BCUT2D eigenvalue weighted by molar-refractivity contribution is 0.387. The van der Waals surface area contributed by atoms with Crippen molar-refractivity contribution in [3.05, 3.63) is 58.7 Å². The summed E-state index contributed by atoms with van der Waals surface area (Å²) in [4.78, 5) is 6.29. The number of fused-ring (bicyclic) bond motifs is 3. The minimum absolute atomic E-state index is 0.0898. The molecule has 0 saturated heterocycles. The Morgan fingerprint density at radius 2 is 1.76 bits per heavy atom. The van der Waals surface area contributed by atoms with E-state index in [1.807, 2.05) is 6.07 Å². The molecule has 1 aromatic heterocycles. The van der Waals surface area contributed by atoms with E-state index in [1.165, 1.54) is 10.9 Å². The number of aryl methyl sites for hydroxylation is 2. The number of rotatable bonds is 6. The summed E-state index contributed by atoms with van der Waals surface area (Å²) in [5.41, 5.74) is 2.97. The highest BCUT2D eigenvalue weighted by atomic mass is 32.2. The van der Waals surface area contributed by atoms with E-state index < -0.39 is 10.0 Å². The first-order valence-corrected chi connectivity index (χ1v) is 13.9. The van der Waals surface area contributed by atoms with Gasteiger partial charge in [0.15, 0.2) is 5.13 Å². The van der Waals surface area contributed by atoms with Crippen molar-refractivity contribution >= 4 is 26.5 Å². The van der Waals surface area contributed by atoms with Crippen LogP contribution < -0.4 is 14.8 Å². The van der Waals surface area contributed by atoms with Gasteiger partial charge in [-0.15, -0.1) is 11.3 Å². The molecule has 34 heavy (non-hydrogen) atoms. The molecule has 2 aromatic carbocycles. The molecule has 5 rings (SSSR count). The van der Waals surface area contributed by atoms with Crippen LogP contribution in [-0.4, -0.2) is 32.6 Å². The summed E-state index contributed by atoms with van der Waals surface area (Å²) in [6.45, 7) is 0. The number of hydrogen-bond donors (Lipinski definition) is 2. The van der Waals surface area contributed by atoms with Crippen LogP contribution in [0.15, 0.2) is 47.4 Å². The fourth-order valence-corrected chi connectivity index (χ4v) is 7.19. The zero-order valence-corrected chi connectivity index (χ0v) is 20.6. The lowest BCUT2D eigenvalue weighted by atomic mass is 9.92. The molecule has 0 unspecified atom stereocenters. The number of halogens is 1. The number of methoxy groups -OCH3 is 1. The number of sulfonamides is 1. The van der Waals surface area contributed by atoms with Gasteiger partial charge >= 0.3 is 0 Å². The minimum atomic E-state index is -3.57. The molecule has 3 aromatic rings. The topological polar surface area (TPSA) is 80.3 Å². The number of benzene rings is 2. The van der Waals surface area contributed by atoms with Crippen molar-refractivity contribution in [3.63, 3.8) is 0 Å². The van der Waals surface area contributed by atoms with Gasteiger partial charge in [-0.25, -0.2) is 22.5 Å². The van der Waals surface area contributed by atoms with Crippen LogP contribution in [0.25, 0.3) is 11.3 Å². The van der Waals surface area contributed by atoms with Gasteiger partial charge in [0.25, 0.3) is 0 Å². The SMILES string of the molecule is COc1ccc(S(=O)(=O)NC2CCC(Nc3nc4c(s3)CCCc3ccc(F)cc3-4)CC2)cc1. The molecule has 1 fully saturated rings. The van der Waals surface area contributed by atoms with Crippen molar-refractivity contribution < 1.29 is 17.5 Å². The molecule has 0 amide bonds. The molecular weight excluding hydrogens is 473 g/mol. The summed E-state index contributed by atoms with van der Waals surface area (Å²) in [6.07, 6.45) is 6.14. The van der Waals surface area contributed by atoms with Gasteiger partial charge in [-0.1, -0.05) is 6.07 Å². The Morgan fingerprint density at radius 1 is 1.03 bits per heavy atom. The molecule has 2 aliphatic carbocycles. The van der Waals surface area contributed by atoms with E-state index in [2.05, 4.69) is 10.0 Å². The maximum absolute atomic E-state index is 13.9. The number of aromatic nitrogens is 1. The fourth-order valence-electron chi connectivity index (χ4n) is 4.79. The maximum atomic E-state index is 13.9. The number of anilines is 1. The predicted octanol–water partition coefficient (Wildman–Crippen LogP) is 5.15. The predicted molar refractivity (Wildman–Crippen MR) is 133 cm³/mol. The highest BCUT2D eigenvalue weighted by Crippen LogP contribution is 2.38. The summed E-state index contributed by atoms with van der Waals surface area (Å²) < 4.78 is 47.3. The summed E-state index contributed by atoms with van der Waals surface area (Å²) in [5, 5.41) is 4.42. The molecule has 0 aliphatic heterocycles. The lowest BCUT2D eigenvalue weighted by Gasteiger charge is -2.29. The summed E-state index contributed by atoms with van der Waals surface area (Å²) in [5.74, 6) is 0.392. The fraction of sp³-hybridized carbons (Fsp3) is 0.400. The van der Waals surface area contributed by atoms with E-state index in [1.54, 1.807) is 48.8 Å². The molecule has 0 atom stereocenters. The molecule has 1 heterocycles. The molecule has 1 saturated carbocycles. The Kier molecular flexibility index (Phi) is 6.59. The van der Waals surface area contributed by atoms with E-state index in [0.29, 0.717) is 5.75 Å². The van der Waals surface area contributed by atoms with Crippen LogP contribution in [0, 0.1) is 5.82 Å². The Hall–Kier alpha value is -2.49. The standard InChI is InChI=1S/C25H28FN3O3S2/c1-32-20-11-13-21(14-12-20)34(30,31)29-19-9-7-18(8-10-19)27-25-28-24-22-15-17(26)6-5-16(22)3-2-4-23(24)33-25/h5-6,11-15,18-19,29H,2-4,7-10H2,1H3,(H,27,28). The average Bonchev–Trinajstić information content (AvgIpc) is 3.15. The first-order valence-electron chi connectivity index (χ1n) is 11.6. The highest BCUT2D eigenvalue weighted by Gasteiger charge is 2.27. The zero-order valence-electron chi connectivity index (χ0n) is 19.0. The Bertz CT molecular complexity index is 1270. The van der Waals surface area contributed by atoms with E-state index in [0.717, 1.165) is 66.9 Å². The van der Waals surface area contributed by atoms with Crippen LogP contribution in [0.4, 0.5) is 9.52 Å². The molecule has 6 nitrogen and oxygen atoms in total. The summed E-state index contributed by atoms with van der Waals surface area (Å²) in [7, 11) is -2.01. The third-order valence-corrected chi connectivity index (χ3v) is 9.20. The summed E-state index contributed by atoms with van der Waals surface area (Å²) in [6, 6.07) is 11.6. The molecule has 0 bridgehead atoms. The van der Waals surface area contributed by atoms with E-state index in [-0.39, 0.29) is 22.8 Å². The third-order valence-electron chi connectivity index (χ3n) is 6.62. The molecule has 0 spiro atoms. The van der Waals surface area contributed by atoms with Crippen molar-refractivity contribution in [1.82, 2.24) is 9.71 Å². The number of hydrogen-bond acceptors (Lipinski definition) is 6. The largest absolute Gasteiger partial charge is 0.497 e. The number of thiazole rings is 1. The van der Waals surface area contributed by atoms with Crippen LogP contribution in [-0.2, 0) is 22.9 Å². The van der Waals surface area contributed by atoms with E-state index in [9.17, 15) is 12.8 Å². The van der Waals surface area contributed by atoms with Crippen molar-refractivity contribution in [2.75, 3.05) is 12.4 Å².